The zero-order valence-corrected chi connectivity index (χ0v) is 12.1. The molecule has 0 heterocycles. The first kappa shape index (κ1) is 16.6. The van der Waals surface area contributed by atoms with Gasteiger partial charge in [0.25, 0.3) is 0 Å². The number of rotatable bonds is 9. The van der Waals surface area contributed by atoms with Crippen molar-refractivity contribution in [1.29, 1.82) is 5.26 Å². The number of hydrogen-bond acceptors (Lipinski definition) is 5. The second-order valence-electron chi connectivity index (χ2n) is 4.00. The predicted molar refractivity (Wildman–Crippen MR) is 73.7 cm³/mol. The van der Waals surface area contributed by atoms with Gasteiger partial charge in [0.2, 0.25) is 10.0 Å². The Morgan fingerprint density at radius 2 is 2.10 bits per heavy atom. The van der Waals surface area contributed by atoms with Crippen LogP contribution in [0.2, 0.25) is 0 Å². The van der Waals surface area contributed by atoms with E-state index in [1.165, 1.54) is 12.1 Å². The van der Waals surface area contributed by atoms with Gasteiger partial charge in [0.15, 0.2) is 0 Å². The van der Waals surface area contributed by atoms with Crippen LogP contribution in [0.4, 0.5) is 0 Å². The molecule has 6 nitrogen and oxygen atoms in total. The minimum atomic E-state index is -3.57. The summed E-state index contributed by atoms with van der Waals surface area (Å²) in [5.41, 5.74) is 0.316. The van der Waals surface area contributed by atoms with Gasteiger partial charge in [-0.1, -0.05) is 6.07 Å². The Kier molecular flexibility index (Phi) is 7.18. The zero-order valence-electron chi connectivity index (χ0n) is 11.3. The van der Waals surface area contributed by atoms with E-state index in [0.717, 1.165) is 0 Å². The fourth-order valence-corrected chi connectivity index (χ4v) is 2.56. The molecule has 0 saturated carbocycles. The van der Waals surface area contributed by atoms with Crippen LogP contribution in [0, 0.1) is 11.3 Å². The Morgan fingerprint density at radius 1 is 1.30 bits per heavy atom. The van der Waals surface area contributed by atoms with E-state index in [1.54, 1.807) is 19.2 Å². The van der Waals surface area contributed by atoms with Crippen LogP contribution in [0.1, 0.15) is 12.0 Å². The summed E-state index contributed by atoms with van der Waals surface area (Å²) in [5.74, 6) is 0. The fourth-order valence-electron chi connectivity index (χ4n) is 1.44. The van der Waals surface area contributed by atoms with Crippen LogP contribution in [0.15, 0.2) is 29.2 Å². The standard InChI is InChI=1S/C13H18N2O4S/c1-18-8-9-19-7-3-6-15-20(16,17)13-5-2-4-12(10-13)11-14/h2,4-5,10,15H,3,6-9H2,1H3. The molecule has 1 aromatic carbocycles. The lowest BCUT2D eigenvalue weighted by Crippen LogP contribution is -2.25. The van der Waals surface area contributed by atoms with E-state index in [1.807, 2.05) is 6.07 Å². The molecule has 0 amide bonds. The van der Waals surface area contributed by atoms with Crippen molar-refractivity contribution in [1.82, 2.24) is 4.72 Å². The maximum Gasteiger partial charge on any atom is 0.240 e. The Balaban J connectivity index is 2.40. The molecule has 0 bridgehead atoms. The van der Waals surface area contributed by atoms with Crippen LogP contribution in [-0.4, -0.2) is 41.9 Å². The fraction of sp³-hybridized carbons (Fsp3) is 0.462. The smallest absolute Gasteiger partial charge is 0.240 e. The Hall–Kier alpha value is -1.46. The molecule has 1 N–H and O–H groups in total. The van der Waals surface area contributed by atoms with Crippen LogP contribution in [-0.2, 0) is 19.5 Å². The molecule has 0 fully saturated rings. The molecule has 0 saturated heterocycles. The Morgan fingerprint density at radius 3 is 2.80 bits per heavy atom. The second-order valence-corrected chi connectivity index (χ2v) is 5.76. The van der Waals surface area contributed by atoms with Gasteiger partial charge in [-0.2, -0.15) is 5.26 Å². The van der Waals surface area contributed by atoms with Gasteiger partial charge in [0.05, 0.1) is 29.7 Å². The molecule has 0 aliphatic rings. The lowest BCUT2D eigenvalue weighted by molar-refractivity contribution is 0.0699. The number of sulfonamides is 1. The minimum absolute atomic E-state index is 0.0943. The molecule has 0 unspecified atom stereocenters. The topological polar surface area (TPSA) is 88.4 Å². The zero-order chi connectivity index (χ0) is 14.8. The van der Waals surface area contributed by atoms with Gasteiger partial charge in [-0.25, -0.2) is 13.1 Å². The van der Waals surface area contributed by atoms with Crippen LogP contribution in [0.25, 0.3) is 0 Å². The van der Waals surface area contributed by atoms with Crippen molar-refractivity contribution in [3.05, 3.63) is 29.8 Å². The highest BCUT2D eigenvalue weighted by Gasteiger charge is 2.13. The van der Waals surface area contributed by atoms with Gasteiger partial charge >= 0.3 is 0 Å². The Labute approximate surface area is 119 Å². The number of methoxy groups -OCH3 is 1. The Bertz CT molecular complexity index is 552. The summed E-state index contributed by atoms with van der Waals surface area (Å²) in [4.78, 5) is 0.0943. The molecule has 0 radical (unpaired) electrons. The van der Waals surface area contributed by atoms with Crippen LogP contribution in [0.5, 0.6) is 0 Å². The van der Waals surface area contributed by atoms with Crippen LogP contribution >= 0.6 is 0 Å². The third kappa shape index (κ3) is 5.67. The molecule has 0 aliphatic carbocycles. The van der Waals surface area contributed by atoms with Crippen LogP contribution in [0.3, 0.4) is 0 Å². The number of nitrogens with zero attached hydrogens (tertiary/aromatic N) is 1. The summed E-state index contributed by atoms with van der Waals surface area (Å²) in [5, 5.41) is 8.75. The molecule has 20 heavy (non-hydrogen) atoms. The molecule has 1 rings (SSSR count). The van der Waals surface area contributed by atoms with E-state index in [2.05, 4.69) is 4.72 Å². The number of hydrogen-bond donors (Lipinski definition) is 1. The van der Waals surface area contributed by atoms with E-state index >= 15 is 0 Å². The highest BCUT2D eigenvalue weighted by atomic mass is 32.2. The van der Waals surface area contributed by atoms with E-state index in [0.29, 0.717) is 31.8 Å². The largest absolute Gasteiger partial charge is 0.382 e. The summed E-state index contributed by atoms with van der Waals surface area (Å²) >= 11 is 0. The molecule has 0 aromatic heterocycles. The van der Waals surface area contributed by atoms with Gasteiger partial charge in [-0.3, -0.25) is 0 Å². The molecule has 110 valence electrons. The van der Waals surface area contributed by atoms with Gasteiger partial charge in [-0.15, -0.1) is 0 Å². The first-order valence-corrected chi connectivity index (χ1v) is 7.65. The molecule has 0 atom stereocenters. The molecule has 7 heteroatoms. The lowest BCUT2D eigenvalue weighted by atomic mass is 10.2. The maximum absolute atomic E-state index is 12.0. The number of nitrogens with one attached hydrogen (secondary N) is 1. The molecular weight excluding hydrogens is 280 g/mol. The van der Waals surface area contributed by atoms with E-state index in [9.17, 15) is 8.42 Å². The second kappa shape index (κ2) is 8.66. The SMILES string of the molecule is COCCOCCCNS(=O)(=O)c1cccc(C#N)c1. The van der Waals surface area contributed by atoms with Crippen molar-refractivity contribution in [2.75, 3.05) is 33.5 Å². The number of nitriles is 1. The molecule has 1 aromatic rings. The summed E-state index contributed by atoms with van der Waals surface area (Å²) in [6.07, 6.45) is 0.570. The summed E-state index contributed by atoms with van der Waals surface area (Å²) in [6, 6.07) is 7.81. The third-order valence-corrected chi connectivity index (χ3v) is 3.92. The summed E-state index contributed by atoms with van der Waals surface area (Å²) < 4.78 is 36.4. The van der Waals surface area contributed by atoms with Crippen molar-refractivity contribution in [2.24, 2.45) is 0 Å². The van der Waals surface area contributed by atoms with Crippen LogP contribution < -0.4 is 4.72 Å². The number of ether oxygens (including phenoxy) is 2. The maximum atomic E-state index is 12.0. The highest BCUT2D eigenvalue weighted by Crippen LogP contribution is 2.10. The van der Waals surface area contributed by atoms with Gasteiger partial charge in [0.1, 0.15) is 0 Å². The van der Waals surface area contributed by atoms with Crippen molar-refractivity contribution in [3.63, 3.8) is 0 Å². The van der Waals surface area contributed by atoms with Crippen molar-refractivity contribution in [3.8, 4) is 6.07 Å². The lowest BCUT2D eigenvalue weighted by Gasteiger charge is -2.07. The average molecular weight is 298 g/mol. The van der Waals surface area contributed by atoms with Crippen molar-refractivity contribution in [2.45, 2.75) is 11.3 Å². The van der Waals surface area contributed by atoms with E-state index in [-0.39, 0.29) is 11.4 Å². The summed E-state index contributed by atoms with van der Waals surface area (Å²) in [7, 11) is -1.98. The number of benzene rings is 1. The first-order chi connectivity index (χ1) is 9.60. The molecule has 0 aliphatic heterocycles. The highest BCUT2D eigenvalue weighted by molar-refractivity contribution is 7.89. The van der Waals surface area contributed by atoms with Crippen molar-refractivity contribution >= 4 is 10.0 Å². The third-order valence-electron chi connectivity index (χ3n) is 2.46. The van der Waals surface area contributed by atoms with Gasteiger partial charge in [0, 0.05) is 20.3 Å². The quantitative estimate of drug-likeness (QED) is 0.684. The monoisotopic (exact) mass is 298 g/mol. The molecule has 0 spiro atoms. The van der Waals surface area contributed by atoms with E-state index < -0.39 is 10.0 Å². The first-order valence-electron chi connectivity index (χ1n) is 6.16. The van der Waals surface area contributed by atoms with E-state index in [4.69, 9.17) is 14.7 Å². The molecular formula is C13H18N2O4S. The van der Waals surface area contributed by atoms with Crippen molar-refractivity contribution < 1.29 is 17.9 Å². The minimum Gasteiger partial charge on any atom is -0.382 e. The average Bonchev–Trinajstić information content (AvgIpc) is 2.46. The van der Waals surface area contributed by atoms with Gasteiger partial charge in [-0.05, 0) is 24.6 Å². The summed E-state index contributed by atoms with van der Waals surface area (Å²) in [6.45, 7) is 1.76. The van der Waals surface area contributed by atoms with Gasteiger partial charge < -0.3 is 9.47 Å². The normalized spacial score (nSPS) is 11.2. The predicted octanol–water partition coefficient (Wildman–Crippen LogP) is 0.890.